The lowest BCUT2D eigenvalue weighted by molar-refractivity contribution is 0.470. The summed E-state index contributed by atoms with van der Waals surface area (Å²) in [5.74, 6) is 0.348. The first kappa shape index (κ1) is 17.0. The Morgan fingerprint density at radius 3 is 2.64 bits per heavy atom. The second-order valence-electron chi connectivity index (χ2n) is 6.38. The van der Waals surface area contributed by atoms with Crippen LogP contribution in [0.4, 0.5) is 0 Å². The Morgan fingerprint density at radius 2 is 1.88 bits per heavy atom. The van der Waals surface area contributed by atoms with Gasteiger partial charge in [0.15, 0.2) is 0 Å². The highest BCUT2D eigenvalue weighted by atomic mass is 16.3. The maximum absolute atomic E-state index is 12.0. The van der Waals surface area contributed by atoms with E-state index in [1.807, 2.05) is 38.1 Å². The molecule has 0 saturated heterocycles. The monoisotopic (exact) mass is 333 g/mol. The van der Waals surface area contributed by atoms with Gasteiger partial charge in [0.25, 0.3) is 5.56 Å². The fraction of sp³-hybridized carbons (Fsp3) is 0.227. The molecule has 1 heterocycles. The third kappa shape index (κ3) is 3.22. The van der Waals surface area contributed by atoms with E-state index in [1.54, 1.807) is 12.3 Å². The van der Waals surface area contributed by atoms with E-state index in [4.69, 9.17) is 0 Å². The number of aromatic hydroxyl groups is 1. The summed E-state index contributed by atoms with van der Waals surface area (Å²) in [4.78, 5) is 14.7. The number of nitrogens with one attached hydrogen (secondary N) is 1. The molecule has 2 N–H and O–H groups in total. The van der Waals surface area contributed by atoms with Gasteiger partial charge in [0.2, 0.25) is 0 Å². The highest BCUT2D eigenvalue weighted by Gasteiger charge is 2.11. The second kappa shape index (κ2) is 6.98. The summed E-state index contributed by atoms with van der Waals surface area (Å²) >= 11 is 0. The van der Waals surface area contributed by atoms with Crippen molar-refractivity contribution < 1.29 is 5.11 Å². The molecule has 1 aromatic heterocycles. The number of benzene rings is 2. The molecular weight excluding hydrogens is 310 g/mol. The number of fused-ring (bicyclic) bond motifs is 1. The zero-order valence-electron chi connectivity index (χ0n) is 14.9. The number of phenolic OH excluding ortho intramolecular Hbond substituents is 1. The summed E-state index contributed by atoms with van der Waals surface area (Å²) in [5.41, 5.74) is 5.61. The lowest BCUT2D eigenvalue weighted by atomic mass is 9.91. The first-order valence-electron chi connectivity index (χ1n) is 8.57. The van der Waals surface area contributed by atoms with Gasteiger partial charge in [-0.1, -0.05) is 24.3 Å². The van der Waals surface area contributed by atoms with Crippen LogP contribution in [0.2, 0.25) is 0 Å². The van der Waals surface area contributed by atoms with Gasteiger partial charge in [-0.05, 0) is 85.0 Å². The second-order valence-corrected chi connectivity index (χ2v) is 6.38. The summed E-state index contributed by atoms with van der Waals surface area (Å²) < 4.78 is 0. The van der Waals surface area contributed by atoms with Crippen LogP contribution in [0.15, 0.2) is 53.5 Å². The summed E-state index contributed by atoms with van der Waals surface area (Å²) in [6.07, 6.45) is 5.59. The zero-order valence-corrected chi connectivity index (χ0v) is 14.9. The number of aryl methyl sites for hydroxylation is 2. The van der Waals surface area contributed by atoms with Crippen LogP contribution in [0.1, 0.15) is 35.6 Å². The van der Waals surface area contributed by atoms with Crippen LogP contribution in [0.3, 0.4) is 0 Å². The zero-order chi connectivity index (χ0) is 18.0. The van der Waals surface area contributed by atoms with Crippen LogP contribution >= 0.6 is 0 Å². The Bertz CT molecular complexity index is 1010. The first-order chi connectivity index (χ1) is 12.0. The molecular formula is C22H23NO2. The van der Waals surface area contributed by atoms with E-state index in [2.05, 4.69) is 24.1 Å². The molecule has 3 rings (SSSR count). The maximum Gasteiger partial charge on any atom is 0.255 e. The fourth-order valence-corrected chi connectivity index (χ4v) is 3.41. The Hall–Kier alpha value is -2.81. The largest absolute Gasteiger partial charge is 0.508 e. The lowest BCUT2D eigenvalue weighted by Crippen LogP contribution is -2.06. The van der Waals surface area contributed by atoms with Gasteiger partial charge in [-0.3, -0.25) is 4.79 Å². The number of phenols is 1. The van der Waals surface area contributed by atoms with Gasteiger partial charge in [0.05, 0.1) is 0 Å². The molecule has 0 atom stereocenters. The quantitative estimate of drug-likeness (QED) is 0.714. The average Bonchev–Trinajstić information content (AvgIpc) is 2.61. The van der Waals surface area contributed by atoms with E-state index in [-0.39, 0.29) is 5.56 Å². The highest BCUT2D eigenvalue weighted by molar-refractivity contribution is 5.89. The third-order valence-electron chi connectivity index (χ3n) is 5.00. The van der Waals surface area contributed by atoms with Crippen LogP contribution in [0, 0.1) is 13.8 Å². The normalized spacial score (nSPS) is 11.9. The summed E-state index contributed by atoms with van der Waals surface area (Å²) in [6, 6.07) is 11.6. The summed E-state index contributed by atoms with van der Waals surface area (Å²) in [6.45, 7) is 6.07. The van der Waals surface area contributed by atoms with Crippen molar-refractivity contribution in [3.05, 3.63) is 81.3 Å². The minimum atomic E-state index is -0.0513. The van der Waals surface area contributed by atoms with Gasteiger partial charge in [0, 0.05) is 11.6 Å². The molecule has 0 amide bonds. The van der Waals surface area contributed by atoms with Gasteiger partial charge in [0.1, 0.15) is 5.75 Å². The third-order valence-corrected chi connectivity index (χ3v) is 5.00. The first-order valence-corrected chi connectivity index (χ1v) is 8.57. The highest BCUT2D eigenvalue weighted by Crippen LogP contribution is 2.29. The number of rotatable bonds is 4. The van der Waals surface area contributed by atoms with Crippen molar-refractivity contribution in [2.45, 2.75) is 33.6 Å². The van der Waals surface area contributed by atoms with E-state index < -0.39 is 0 Å². The van der Waals surface area contributed by atoms with Crippen molar-refractivity contribution in [3.63, 3.8) is 0 Å². The van der Waals surface area contributed by atoms with Crippen molar-refractivity contribution in [1.29, 1.82) is 0 Å². The van der Waals surface area contributed by atoms with Crippen molar-refractivity contribution >= 4 is 16.3 Å². The molecule has 3 aromatic rings. The Kier molecular flexibility index (Phi) is 4.75. The topological polar surface area (TPSA) is 53.1 Å². The lowest BCUT2D eigenvalue weighted by Gasteiger charge is -2.14. The SMILES string of the molecule is C/C=C(\CCc1cccc(O)c1C)c1ccc2c(=O)[nH]ccc2c1C. The van der Waals surface area contributed by atoms with Crippen LogP contribution in [0.5, 0.6) is 5.75 Å². The minimum absolute atomic E-state index is 0.0513. The van der Waals surface area contributed by atoms with Gasteiger partial charge in [-0.15, -0.1) is 0 Å². The van der Waals surface area contributed by atoms with E-state index >= 15 is 0 Å². The fourth-order valence-electron chi connectivity index (χ4n) is 3.41. The maximum atomic E-state index is 12.0. The summed E-state index contributed by atoms with van der Waals surface area (Å²) in [5, 5.41) is 11.6. The molecule has 3 nitrogen and oxygen atoms in total. The van der Waals surface area contributed by atoms with Crippen LogP contribution < -0.4 is 5.56 Å². The van der Waals surface area contributed by atoms with Gasteiger partial charge < -0.3 is 10.1 Å². The van der Waals surface area contributed by atoms with Gasteiger partial charge in [-0.2, -0.15) is 0 Å². The van der Waals surface area contributed by atoms with Crippen LogP contribution in [-0.4, -0.2) is 10.1 Å². The van der Waals surface area contributed by atoms with Gasteiger partial charge in [-0.25, -0.2) is 0 Å². The van der Waals surface area contributed by atoms with Crippen LogP contribution in [-0.2, 0) is 6.42 Å². The molecule has 2 aromatic carbocycles. The van der Waals surface area contributed by atoms with E-state index in [0.717, 1.165) is 40.3 Å². The number of allylic oxidation sites excluding steroid dienone is 2. The average molecular weight is 333 g/mol. The Labute approximate surface area is 147 Å². The molecule has 0 unspecified atom stereocenters. The molecule has 25 heavy (non-hydrogen) atoms. The Balaban J connectivity index is 1.94. The Morgan fingerprint density at radius 1 is 1.08 bits per heavy atom. The standard InChI is InChI=1S/C22H23NO2/c1-4-16(8-9-17-6-5-7-21(24)14(17)2)18-10-11-20-19(15(18)3)12-13-23-22(20)25/h4-7,10-13,24H,8-9H2,1-3H3,(H,23,25)/b16-4+. The smallest absolute Gasteiger partial charge is 0.255 e. The molecule has 0 spiro atoms. The number of aromatic nitrogens is 1. The molecule has 0 aliphatic carbocycles. The molecule has 0 radical (unpaired) electrons. The predicted octanol–water partition coefficient (Wildman–Crippen LogP) is 4.89. The number of hydrogen-bond donors (Lipinski definition) is 2. The summed E-state index contributed by atoms with van der Waals surface area (Å²) in [7, 11) is 0. The number of H-pyrrole nitrogens is 1. The number of aromatic amines is 1. The van der Waals surface area contributed by atoms with Crippen molar-refractivity contribution in [2.75, 3.05) is 0 Å². The van der Waals surface area contributed by atoms with Crippen LogP contribution in [0.25, 0.3) is 16.3 Å². The van der Waals surface area contributed by atoms with Crippen molar-refractivity contribution in [2.24, 2.45) is 0 Å². The molecule has 128 valence electrons. The van der Waals surface area contributed by atoms with Gasteiger partial charge >= 0.3 is 0 Å². The molecule has 0 saturated carbocycles. The molecule has 0 aliphatic rings. The minimum Gasteiger partial charge on any atom is -0.508 e. The van der Waals surface area contributed by atoms with E-state index in [1.165, 1.54) is 11.1 Å². The number of pyridine rings is 1. The van der Waals surface area contributed by atoms with E-state index in [9.17, 15) is 9.90 Å². The molecule has 0 bridgehead atoms. The van der Waals surface area contributed by atoms with Crippen molar-refractivity contribution in [1.82, 2.24) is 4.98 Å². The molecule has 0 aliphatic heterocycles. The predicted molar refractivity (Wildman–Crippen MR) is 104 cm³/mol. The molecule has 0 fully saturated rings. The van der Waals surface area contributed by atoms with E-state index in [0.29, 0.717) is 5.75 Å². The molecule has 3 heteroatoms. The number of hydrogen-bond acceptors (Lipinski definition) is 2. The van der Waals surface area contributed by atoms with Crippen molar-refractivity contribution in [3.8, 4) is 5.75 Å².